The van der Waals surface area contributed by atoms with Crippen LogP contribution in [0.1, 0.15) is 5.69 Å². The van der Waals surface area contributed by atoms with Gasteiger partial charge < -0.3 is 20.8 Å². The SMILES string of the molecule is CO/N=C(\C(=O)NC1C(=O)N2C=CCS[C@H]12)c1csc(N)n1.[NaH]. The number of aromatic nitrogens is 1. The van der Waals surface area contributed by atoms with Crippen LogP contribution >= 0.6 is 23.1 Å². The summed E-state index contributed by atoms with van der Waals surface area (Å²) in [6.45, 7) is 0. The molecule has 1 saturated heterocycles. The van der Waals surface area contributed by atoms with Gasteiger partial charge in [0.15, 0.2) is 10.8 Å². The molecule has 3 heterocycles. The molecule has 0 radical (unpaired) electrons. The second-order valence-electron chi connectivity index (χ2n) is 4.50. The molecule has 0 spiro atoms. The van der Waals surface area contributed by atoms with Gasteiger partial charge >= 0.3 is 29.6 Å². The second kappa shape index (κ2) is 7.67. The van der Waals surface area contributed by atoms with Gasteiger partial charge in [0, 0.05) is 17.3 Å². The summed E-state index contributed by atoms with van der Waals surface area (Å²) in [6, 6.07) is -0.569. The number of thioether (sulfide) groups is 1. The Morgan fingerprint density at radius 1 is 1.61 bits per heavy atom. The first-order valence-electron chi connectivity index (χ1n) is 6.35. The van der Waals surface area contributed by atoms with Crippen molar-refractivity contribution in [2.24, 2.45) is 5.16 Å². The molecule has 1 fully saturated rings. The fourth-order valence-corrected chi connectivity index (χ4v) is 3.82. The van der Waals surface area contributed by atoms with Crippen LogP contribution in [0, 0.1) is 0 Å². The molecule has 23 heavy (non-hydrogen) atoms. The molecule has 2 aliphatic heterocycles. The molecule has 0 aromatic carbocycles. The summed E-state index contributed by atoms with van der Waals surface area (Å²) in [4.78, 5) is 34.7. The zero-order chi connectivity index (χ0) is 15.7. The Morgan fingerprint density at radius 2 is 2.39 bits per heavy atom. The van der Waals surface area contributed by atoms with Gasteiger partial charge in [0.1, 0.15) is 24.2 Å². The number of hydrogen-bond donors (Lipinski definition) is 2. The standard InChI is InChI=1S/C12H13N5O3S2.Na.H/c1-20-16-7(6-5-22-12(13)14-6)9(18)15-8-10(19)17-3-2-4-21-11(8)17;;/h2-3,5,8,11H,4H2,1H3,(H2,13,14)(H,15,18);;/b16-7-;;/t8?,11-;;/m1../s1. The summed E-state index contributed by atoms with van der Waals surface area (Å²) < 4.78 is 0. The molecule has 11 heteroatoms. The number of nitrogens with two attached hydrogens (primary N) is 1. The van der Waals surface area contributed by atoms with Crippen molar-refractivity contribution in [3.05, 3.63) is 23.3 Å². The molecule has 1 aromatic rings. The number of rotatable bonds is 4. The van der Waals surface area contributed by atoms with Crippen molar-refractivity contribution < 1.29 is 14.4 Å². The third-order valence-electron chi connectivity index (χ3n) is 3.16. The first-order valence-corrected chi connectivity index (χ1v) is 8.28. The van der Waals surface area contributed by atoms with Gasteiger partial charge in [-0.15, -0.1) is 23.1 Å². The summed E-state index contributed by atoms with van der Waals surface area (Å²) >= 11 is 2.79. The van der Waals surface area contributed by atoms with E-state index in [0.717, 1.165) is 5.75 Å². The molecular formula is C12H14N5NaO3S2. The van der Waals surface area contributed by atoms with E-state index in [1.807, 2.05) is 6.08 Å². The van der Waals surface area contributed by atoms with E-state index in [-0.39, 0.29) is 46.6 Å². The van der Waals surface area contributed by atoms with Gasteiger partial charge in [-0.3, -0.25) is 9.59 Å². The molecule has 0 bridgehead atoms. The Bertz CT molecular complexity index is 677. The van der Waals surface area contributed by atoms with Crippen molar-refractivity contribution in [1.29, 1.82) is 0 Å². The van der Waals surface area contributed by atoms with Crippen molar-refractivity contribution in [3.8, 4) is 0 Å². The van der Waals surface area contributed by atoms with Gasteiger partial charge in [-0.25, -0.2) is 4.98 Å². The average Bonchev–Trinajstić information content (AvgIpc) is 2.95. The van der Waals surface area contributed by atoms with Crippen LogP contribution in [0.4, 0.5) is 5.13 Å². The molecule has 2 atom stereocenters. The summed E-state index contributed by atoms with van der Waals surface area (Å²) in [7, 11) is 1.33. The number of carbonyl (C=O) groups is 2. The Kier molecular flexibility index (Phi) is 6.09. The number of β-lactam (4-membered cyclic amide) rings is 1. The summed E-state index contributed by atoms with van der Waals surface area (Å²) in [5, 5.41) is 8.24. The number of thiazole rings is 1. The number of amides is 2. The topological polar surface area (TPSA) is 110 Å². The van der Waals surface area contributed by atoms with Crippen LogP contribution in [-0.2, 0) is 14.4 Å². The average molecular weight is 363 g/mol. The van der Waals surface area contributed by atoms with Crippen LogP contribution in [0.2, 0.25) is 0 Å². The summed E-state index contributed by atoms with van der Waals surface area (Å²) in [5.41, 5.74) is 5.89. The van der Waals surface area contributed by atoms with Crippen molar-refractivity contribution >= 4 is 75.3 Å². The third kappa shape index (κ3) is 3.56. The maximum atomic E-state index is 12.4. The third-order valence-corrected chi connectivity index (χ3v) is 5.06. The molecule has 118 valence electrons. The molecule has 3 N–H and O–H groups in total. The molecule has 3 rings (SSSR count). The van der Waals surface area contributed by atoms with E-state index in [4.69, 9.17) is 10.6 Å². The molecule has 0 saturated carbocycles. The second-order valence-corrected chi connectivity index (χ2v) is 6.54. The van der Waals surface area contributed by atoms with Crippen molar-refractivity contribution in [1.82, 2.24) is 15.2 Å². The predicted octanol–water partition coefficient (Wildman–Crippen LogP) is -0.659. The van der Waals surface area contributed by atoms with E-state index < -0.39 is 11.9 Å². The van der Waals surface area contributed by atoms with Crippen LogP contribution in [0.3, 0.4) is 0 Å². The van der Waals surface area contributed by atoms with Crippen LogP contribution < -0.4 is 11.1 Å². The maximum absolute atomic E-state index is 12.4. The normalized spacial score (nSPS) is 22.7. The first-order chi connectivity index (χ1) is 10.6. The molecule has 2 amide bonds. The Hall–Kier alpha value is -1.07. The quantitative estimate of drug-likeness (QED) is 0.318. The van der Waals surface area contributed by atoms with Crippen molar-refractivity contribution in [3.63, 3.8) is 0 Å². The summed E-state index contributed by atoms with van der Waals surface area (Å²) in [5.74, 6) is 0.152. The van der Waals surface area contributed by atoms with Gasteiger partial charge in [-0.2, -0.15) is 0 Å². The van der Waals surface area contributed by atoms with E-state index in [0.29, 0.717) is 10.8 Å². The van der Waals surface area contributed by atoms with E-state index >= 15 is 0 Å². The number of nitrogens with zero attached hydrogens (tertiary/aromatic N) is 3. The molecular weight excluding hydrogens is 349 g/mol. The Balaban J connectivity index is 0.00000192. The number of oxime groups is 1. The fraction of sp³-hybridized carbons (Fsp3) is 0.333. The Labute approximate surface area is 162 Å². The monoisotopic (exact) mass is 363 g/mol. The van der Waals surface area contributed by atoms with Gasteiger partial charge in [-0.05, 0) is 0 Å². The van der Waals surface area contributed by atoms with Crippen LogP contribution in [0.15, 0.2) is 22.8 Å². The number of carbonyl (C=O) groups excluding carboxylic acids is 2. The molecule has 0 aliphatic carbocycles. The van der Waals surface area contributed by atoms with Gasteiger partial charge in [0.05, 0.1) is 0 Å². The van der Waals surface area contributed by atoms with Crippen molar-refractivity contribution in [2.45, 2.75) is 11.4 Å². The summed E-state index contributed by atoms with van der Waals surface area (Å²) in [6.07, 6.45) is 3.66. The van der Waals surface area contributed by atoms with E-state index in [2.05, 4.69) is 15.5 Å². The minimum absolute atomic E-state index is 0. The minimum atomic E-state index is -0.569. The van der Waals surface area contributed by atoms with E-state index in [1.54, 1.807) is 28.2 Å². The van der Waals surface area contributed by atoms with Gasteiger partial charge in [0.2, 0.25) is 0 Å². The van der Waals surface area contributed by atoms with Gasteiger partial charge in [-0.1, -0.05) is 11.2 Å². The molecule has 1 aromatic heterocycles. The number of anilines is 1. The van der Waals surface area contributed by atoms with Crippen LogP contribution in [0.5, 0.6) is 0 Å². The number of hydrogen-bond acceptors (Lipinski definition) is 8. The van der Waals surface area contributed by atoms with Crippen molar-refractivity contribution in [2.75, 3.05) is 18.6 Å². The molecule has 8 nitrogen and oxygen atoms in total. The zero-order valence-corrected chi connectivity index (χ0v) is 13.2. The molecule has 1 unspecified atom stereocenters. The molecule has 2 aliphatic rings. The number of nitrogens with one attached hydrogen (secondary N) is 1. The Morgan fingerprint density at radius 3 is 3.04 bits per heavy atom. The number of nitrogen functional groups attached to an aromatic ring is 1. The predicted molar refractivity (Wildman–Crippen MR) is 91.4 cm³/mol. The zero-order valence-electron chi connectivity index (χ0n) is 11.6. The van der Waals surface area contributed by atoms with Gasteiger partial charge in [0.25, 0.3) is 11.8 Å². The van der Waals surface area contributed by atoms with E-state index in [1.165, 1.54) is 18.4 Å². The van der Waals surface area contributed by atoms with E-state index in [9.17, 15) is 9.59 Å². The van der Waals surface area contributed by atoms with Crippen LogP contribution in [0.25, 0.3) is 0 Å². The van der Waals surface area contributed by atoms with Crippen LogP contribution in [-0.4, -0.2) is 81.2 Å². The fourth-order valence-electron chi connectivity index (χ4n) is 2.17. The number of fused-ring (bicyclic) bond motifs is 1. The first kappa shape index (κ1) is 18.3.